The summed E-state index contributed by atoms with van der Waals surface area (Å²) in [6.45, 7) is 0. The van der Waals surface area contributed by atoms with Gasteiger partial charge in [0.15, 0.2) is 0 Å². The van der Waals surface area contributed by atoms with E-state index in [1.54, 1.807) is 0 Å². The minimum atomic E-state index is 1.16. The summed E-state index contributed by atoms with van der Waals surface area (Å²) in [5.74, 6) is 0. The molecule has 0 amide bonds. The van der Waals surface area contributed by atoms with Crippen molar-refractivity contribution in [2.75, 3.05) is 0 Å². The Hall–Kier alpha value is -14.3. The lowest BCUT2D eigenvalue weighted by atomic mass is 9.98. The third-order valence-electron chi connectivity index (χ3n) is 22.2. The maximum atomic E-state index is 2.42. The van der Waals surface area contributed by atoms with E-state index in [2.05, 4.69) is 431 Å². The molecule has 4 heterocycles. The van der Waals surface area contributed by atoms with Crippen molar-refractivity contribution in [2.45, 2.75) is 0 Å². The fraction of sp³-hybridized carbons (Fsp3) is 0. The molecule has 0 fully saturated rings. The van der Waals surface area contributed by atoms with Gasteiger partial charge in [0.1, 0.15) is 0 Å². The van der Waals surface area contributed by atoms with Crippen molar-refractivity contribution in [2.24, 2.45) is 0 Å². The smallest absolute Gasteiger partial charge is 0.0547 e. The molecule has 0 radical (unpaired) electrons. The van der Waals surface area contributed by atoms with Gasteiger partial charge in [-0.2, -0.15) is 0 Å². The van der Waals surface area contributed by atoms with Crippen LogP contribution in [0.25, 0.3) is 198 Å². The van der Waals surface area contributed by atoms with Gasteiger partial charge in [0.2, 0.25) is 0 Å². The molecule has 0 unspecified atom stereocenters. The van der Waals surface area contributed by atoms with Crippen LogP contribution >= 0.6 is 0 Å². The van der Waals surface area contributed by atoms with Crippen molar-refractivity contribution in [3.05, 3.63) is 413 Å². The molecule has 4 heteroatoms. The zero-order chi connectivity index (χ0) is 71.2. The molecular formula is C104H68N4. The largest absolute Gasteiger partial charge is 0.309 e. The molecule has 0 spiro atoms. The third kappa shape index (κ3) is 10.7. The van der Waals surface area contributed by atoms with E-state index >= 15 is 0 Å². The minimum Gasteiger partial charge on any atom is -0.309 e. The van der Waals surface area contributed by atoms with Gasteiger partial charge in [0.25, 0.3) is 0 Å². The molecule has 0 atom stereocenters. The number of nitrogens with zero attached hydrogens (tertiary/aromatic N) is 4. The van der Waals surface area contributed by atoms with Crippen molar-refractivity contribution >= 4 is 109 Å². The highest BCUT2D eigenvalue weighted by atomic mass is 15.0. The van der Waals surface area contributed by atoms with Crippen LogP contribution < -0.4 is 0 Å². The van der Waals surface area contributed by atoms with E-state index < -0.39 is 0 Å². The first-order chi connectivity index (χ1) is 53.5. The van der Waals surface area contributed by atoms with E-state index in [1.807, 2.05) is 0 Å². The molecule has 108 heavy (non-hydrogen) atoms. The maximum absolute atomic E-state index is 2.42. The van der Waals surface area contributed by atoms with Gasteiger partial charge in [-0.25, -0.2) is 0 Å². The summed E-state index contributed by atoms with van der Waals surface area (Å²) in [5, 5.41) is 15.1. The van der Waals surface area contributed by atoms with Crippen LogP contribution in [0.3, 0.4) is 0 Å². The van der Waals surface area contributed by atoms with Crippen LogP contribution in [-0.2, 0) is 0 Å². The highest BCUT2D eigenvalue weighted by Gasteiger charge is 2.20. The van der Waals surface area contributed by atoms with Crippen LogP contribution in [0.1, 0.15) is 0 Å². The number of rotatable bonds is 10. The molecule has 22 rings (SSSR count). The van der Waals surface area contributed by atoms with Gasteiger partial charge in [-0.1, -0.05) is 303 Å². The Kier molecular flexibility index (Phi) is 14.9. The van der Waals surface area contributed by atoms with Gasteiger partial charge >= 0.3 is 0 Å². The third-order valence-corrected chi connectivity index (χ3v) is 22.2. The lowest BCUT2D eigenvalue weighted by Gasteiger charge is -2.11. The number of benzene rings is 18. The average molecular weight is 1370 g/mol. The van der Waals surface area contributed by atoms with Crippen LogP contribution in [0.5, 0.6) is 0 Å². The SMILES string of the molecule is c1ccc(-c2ccc(-n3c4ccccc4c4ccc(-c5ccc(-c6ccc7c(c6)c6ccccc6n7-c6ccc7ccccc7c6)cc5)cc43)cc2)cc1.c1ccc(-c2cccc(-n3c4ccccc4c4ccc(-c5ccc(-c6ccc7c(c6)c6ccccc6n7-c6ccc7ccccc7c6)cc5)cc43)c2)cc1. The molecule has 504 valence electrons. The minimum absolute atomic E-state index is 1.16. The molecule has 22 aromatic rings. The summed E-state index contributed by atoms with van der Waals surface area (Å²) in [6.07, 6.45) is 0. The topological polar surface area (TPSA) is 19.7 Å². The first-order valence-corrected chi connectivity index (χ1v) is 37.2. The van der Waals surface area contributed by atoms with Gasteiger partial charge in [-0.3, -0.25) is 0 Å². The van der Waals surface area contributed by atoms with Gasteiger partial charge in [0.05, 0.1) is 44.1 Å². The van der Waals surface area contributed by atoms with Crippen LogP contribution in [0.4, 0.5) is 0 Å². The fourth-order valence-electron chi connectivity index (χ4n) is 16.9. The zero-order valence-electron chi connectivity index (χ0n) is 59.0. The monoisotopic (exact) mass is 1370 g/mol. The Balaban J connectivity index is 0.000000138. The molecule has 0 N–H and O–H groups in total. The highest BCUT2D eigenvalue weighted by Crippen LogP contribution is 2.42. The Bertz CT molecular complexity index is 7250. The van der Waals surface area contributed by atoms with Crippen LogP contribution in [0.15, 0.2) is 413 Å². The first-order valence-electron chi connectivity index (χ1n) is 37.2. The van der Waals surface area contributed by atoms with E-state index in [4.69, 9.17) is 0 Å². The highest BCUT2D eigenvalue weighted by molar-refractivity contribution is 6.14. The predicted molar refractivity (Wildman–Crippen MR) is 458 cm³/mol. The van der Waals surface area contributed by atoms with Crippen molar-refractivity contribution in [1.82, 2.24) is 18.3 Å². The van der Waals surface area contributed by atoms with Crippen molar-refractivity contribution < 1.29 is 0 Å². The van der Waals surface area contributed by atoms with Crippen molar-refractivity contribution in [1.29, 1.82) is 0 Å². The number of para-hydroxylation sites is 4. The predicted octanol–water partition coefficient (Wildman–Crippen LogP) is 28.1. The molecule has 4 nitrogen and oxygen atoms in total. The molecule has 4 aromatic heterocycles. The van der Waals surface area contributed by atoms with Crippen LogP contribution in [-0.4, -0.2) is 18.3 Å². The number of fused-ring (bicyclic) bond motifs is 14. The summed E-state index contributed by atoms with van der Waals surface area (Å²) < 4.78 is 9.62. The number of hydrogen-bond acceptors (Lipinski definition) is 0. The summed E-state index contributed by atoms with van der Waals surface area (Å²) in [6, 6.07) is 150. The standard InChI is InChI=1S/2C52H34N2/c1-2-11-35(12-3-1)40-15-10-16-43(31-40)54-49-19-8-6-17-45(49)47-29-26-42(34-52(47)54)38-23-21-37(22-24-38)41-27-30-51-48(33-41)46-18-7-9-20-50(46)53(51)44-28-25-36-13-4-5-14-39(36)32-44;1-2-10-35(11-3-1)37-22-27-43(28-23-37)53-49-16-8-6-14-45(49)47-30-25-42(34-52(47)53)39-20-18-38(19-21-39)41-26-31-51-48(33-41)46-15-7-9-17-50(46)54(51)44-29-24-36-12-4-5-13-40(36)32-44/h2*1-34H. The van der Waals surface area contributed by atoms with Gasteiger partial charge in [-0.05, 0) is 198 Å². The van der Waals surface area contributed by atoms with E-state index in [0.29, 0.717) is 0 Å². The molecule has 0 aliphatic carbocycles. The van der Waals surface area contributed by atoms with Crippen molar-refractivity contribution in [3.63, 3.8) is 0 Å². The summed E-state index contributed by atoms with van der Waals surface area (Å²) in [5.41, 5.74) is 28.9. The Morgan fingerprint density at radius 3 is 0.815 bits per heavy atom. The Morgan fingerprint density at radius 2 is 0.370 bits per heavy atom. The fourth-order valence-corrected chi connectivity index (χ4v) is 16.9. The molecule has 0 saturated heterocycles. The quantitative estimate of drug-likeness (QED) is 0.130. The average Bonchev–Trinajstić information content (AvgIpc) is 1.60. The second kappa shape index (κ2) is 25.8. The van der Waals surface area contributed by atoms with Gasteiger partial charge < -0.3 is 18.3 Å². The van der Waals surface area contributed by atoms with E-state index in [-0.39, 0.29) is 0 Å². The summed E-state index contributed by atoms with van der Waals surface area (Å²) in [4.78, 5) is 0. The Morgan fingerprint density at radius 1 is 0.111 bits per heavy atom. The number of hydrogen-bond donors (Lipinski definition) is 0. The van der Waals surface area contributed by atoms with E-state index in [1.165, 1.54) is 187 Å². The number of aromatic nitrogens is 4. The molecule has 0 aliphatic rings. The zero-order valence-corrected chi connectivity index (χ0v) is 59.0. The second-order valence-corrected chi connectivity index (χ2v) is 28.4. The van der Waals surface area contributed by atoms with Gasteiger partial charge in [-0.15, -0.1) is 0 Å². The molecule has 0 saturated carbocycles. The molecule has 0 bridgehead atoms. The van der Waals surface area contributed by atoms with Crippen LogP contribution in [0, 0.1) is 0 Å². The second-order valence-electron chi connectivity index (χ2n) is 28.4. The normalized spacial score (nSPS) is 11.7. The summed E-state index contributed by atoms with van der Waals surface area (Å²) >= 11 is 0. The maximum Gasteiger partial charge on any atom is 0.0547 e. The van der Waals surface area contributed by atoms with Crippen molar-refractivity contribution in [3.8, 4) is 89.5 Å². The lowest BCUT2D eigenvalue weighted by Crippen LogP contribution is -1.94. The Labute approximate surface area is 625 Å². The van der Waals surface area contributed by atoms with Crippen LogP contribution in [0.2, 0.25) is 0 Å². The van der Waals surface area contributed by atoms with E-state index in [0.717, 1.165) is 11.4 Å². The van der Waals surface area contributed by atoms with E-state index in [9.17, 15) is 0 Å². The molecular weight excluding hydrogens is 1310 g/mol. The molecule has 0 aliphatic heterocycles. The first kappa shape index (κ1) is 62.3. The lowest BCUT2D eigenvalue weighted by molar-refractivity contribution is 1.18. The van der Waals surface area contributed by atoms with Gasteiger partial charge in [0, 0.05) is 65.8 Å². The molecule has 18 aromatic carbocycles. The summed E-state index contributed by atoms with van der Waals surface area (Å²) in [7, 11) is 0.